The first-order chi connectivity index (χ1) is 21.5. The van der Waals surface area contributed by atoms with Crippen molar-refractivity contribution in [3.05, 3.63) is 65.9 Å². The number of aromatic amines is 1. The highest BCUT2D eigenvalue weighted by Crippen LogP contribution is 2.38. The van der Waals surface area contributed by atoms with E-state index in [-0.39, 0.29) is 23.5 Å². The highest BCUT2D eigenvalue weighted by atomic mass is 19.1. The number of ether oxygens (including phenoxy) is 1. The zero-order valence-corrected chi connectivity index (χ0v) is 23.2. The maximum Gasteiger partial charge on any atom is 0.226 e. The molecule has 1 aliphatic carbocycles. The third kappa shape index (κ3) is 5.44. The van der Waals surface area contributed by atoms with Crippen LogP contribution in [0, 0.1) is 18.7 Å². The number of anilines is 2. The summed E-state index contributed by atoms with van der Waals surface area (Å²) in [7, 11) is 1.57. The molecule has 0 bridgehead atoms. The van der Waals surface area contributed by atoms with Crippen molar-refractivity contribution < 1.29 is 18.0 Å². The van der Waals surface area contributed by atoms with Crippen LogP contribution in [0.25, 0.3) is 16.9 Å². The third-order valence-electron chi connectivity index (χ3n) is 7.61. The van der Waals surface area contributed by atoms with Crippen LogP contribution in [0.3, 0.4) is 0 Å². The number of hydrogen-bond acceptors (Lipinski definition) is 9. The number of rotatable bonds is 8. The first-order valence-electron chi connectivity index (χ1n) is 15.0. The van der Waals surface area contributed by atoms with E-state index in [9.17, 15) is 9.18 Å². The Morgan fingerprint density at radius 1 is 1.24 bits per heavy atom. The number of carbonyl (C=O) groups is 1. The van der Waals surface area contributed by atoms with Crippen LogP contribution in [-0.4, -0.2) is 63.8 Å². The number of nitrogens with zero attached hydrogens (tertiary/aromatic N) is 8. The molecule has 1 fully saturated rings. The fourth-order valence-corrected chi connectivity index (χ4v) is 5.35. The molecule has 0 aliphatic heterocycles. The van der Waals surface area contributed by atoms with E-state index in [1.807, 2.05) is 19.9 Å². The van der Waals surface area contributed by atoms with Crippen molar-refractivity contribution in [1.82, 2.24) is 50.0 Å². The molecule has 1 amide bonds. The molecule has 0 radical (unpaired) electrons. The second-order valence-electron chi connectivity index (χ2n) is 10.5. The quantitative estimate of drug-likeness (QED) is 0.251. The van der Waals surface area contributed by atoms with Crippen LogP contribution in [0.15, 0.2) is 43.0 Å². The third-order valence-corrected chi connectivity index (χ3v) is 7.61. The second-order valence-corrected chi connectivity index (χ2v) is 10.5. The van der Waals surface area contributed by atoms with Gasteiger partial charge in [0.2, 0.25) is 5.91 Å². The number of fused-ring (bicyclic) bond motifs is 1. The molecule has 0 spiro atoms. The first kappa shape index (κ1) is 23.9. The summed E-state index contributed by atoms with van der Waals surface area (Å²) in [6.07, 6.45) is 6.50. The summed E-state index contributed by atoms with van der Waals surface area (Å²) in [5.74, 6) is 0.556. The van der Waals surface area contributed by atoms with Gasteiger partial charge in [0.05, 0.1) is 42.0 Å². The van der Waals surface area contributed by atoms with E-state index in [1.165, 1.54) is 17.1 Å². The Morgan fingerprint density at radius 2 is 2.12 bits per heavy atom. The van der Waals surface area contributed by atoms with Crippen molar-refractivity contribution in [3.63, 3.8) is 0 Å². The molecular formula is C28H32FN11O2. The normalized spacial score (nSPS) is 21.0. The highest BCUT2D eigenvalue weighted by Gasteiger charge is 2.37. The number of H-pyrrole nitrogens is 1. The molecule has 0 saturated heterocycles. The Balaban J connectivity index is 1.19. The zero-order chi connectivity index (χ0) is 31.9. The lowest BCUT2D eigenvalue weighted by Crippen LogP contribution is -2.42. The van der Waals surface area contributed by atoms with Gasteiger partial charge in [0, 0.05) is 42.1 Å². The molecule has 5 aromatic rings. The van der Waals surface area contributed by atoms with Crippen LogP contribution in [-0.2, 0) is 16.5 Å². The zero-order valence-electron chi connectivity index (χ0n) is 26.2. The van der Waals surface area contributed by atoms with Gasteiger partial charge >= 0.3 is 0 Å². The minimum atomic E-state index is -2.54. The summed E-state index contributed by atoms with van der Waals surface area (Å²) < 4.78 is 45.2. The van der Waals surface area contributed by atoms with Crippen LogP contribution < -0.4 is 10.6 Å². The Labute approximate surface area is 245 Å². The number of methoxy groups -OCH3 is 1. The van der Waals surface area contributed by atoms with E-state index in [0.717, 1.165) is 22.1 Å². The smallest absolute Gasteiger partial charge is 0.226 e. The van der Waals surface area contributed by atoms with Gasteiger partial charge in [0.25, 0.3) is 0 Å². The van der Waals surface area contributed by atoms with Crippen LogP contribution in [0.4, 0.5) is 16.0 Å². The predicted molar refractivity (Wildman–Crippen MR) is 152 cm³/mol. The van der Waals surface area contributed by atoms with Gasteiger partial charge in [-0.2, -0.15) is 15.3 Å². The average Bonchev–Trinajstić information content (AvgIpc) is 3.76. The topological polar surface area (TPSA) is 153 Å². The molecule has 5 heterocycles. The number of aryl methyl sites for hydroxylation is 2. The van der Waals surface area contributed by atoms with Gasteiger partial charge in [-0.1, -0.05) is 6.07 Å². The van der Waals surface area contributed by atoms with Crippen LogP contribution >= 0.6 is 0 Å². The molecule has 14 heteroatoms. The maximum atomic E-state index is 13.4. The maximum absolute atomic E-state index is 13.4. The number of carbonyl (C=O) groups excluding carboxylic acids is 1. The van der Waals surface area contributed by atoms with Crippen molar-refractivity contribution in [2.24, 2.45) is 12.9 Å². The summed E-state index contributed by atoms with van der Waals surface area (Å²) in [4.78, 5) is 27.2. The largest absolute Gasteiger partial charge is 0.381 e. The van der Waals surface area contributed by atoms with E-state index in [1.54, 1.807) is 25.4 Å². The number of nitrogens with one attached hydrogen (secondary N) is 3. The number of halogens is 1. The molecule has 3 N–H and O–H groups in total. The molecule has 5 aromatic heterocycles. The fraction of sp³-hybridized carbons (Fsp3) is 0.393. The van der Waals surface area contributed by atoms with Crippen LogP contribution in [0.1, 0.15) is 59.3 Å². The molecule has 13 nitrogen and oxygen atoms in total. The summed E-state index contributed by atoms with van der Waals surface area (Å²) >= 11 is 0. The van der Waals surface area contributed by atoms with Gasteiger partial charge < -0.3 is 15.4 Å². The summed E-state index contributed by atoms with van der Waals surface area (Å²) in [6, 6.07) is 4.98. The average molecular weight is 577 g/mol. The summed E-state index contributed by atoms with van der Waals surface area (Å²) in [5, 5.41) is 21.8. The van der Waals surface area contributed by atoms with Crippen molar-refractivity contribution in [1.29, 1.82) is 0 Å². The van der Waals surface area contributed by atoms with Crippen molar-refractivity contribution >= 4 is 28.6 Å². The second kappa shape index (κ2) is 11.3. The predicted octanol–water partition coefficient (Wildman–Crippen LogP) is 3.63. The monoisotopic (exact) mass is 576 g/mol. The molecule has 4 atom stereocenters. The van der Waals surface area contributed by atoms with Gasteiger partial charge in [-0.3, -0.25) is 14.6 Å². The molecule has 1 saturated carbocycles. The molecule has 0 aromatic carbocycles. The van der Waals surface area contributed by atoms with E-state index in [0.29, 0.717) is 47.9 Å². The van der Waals surface area contributed by atoms with Crippen LogP contribution in [0.5, 0.6) is 0 Å². The van der Waals surface area contributed by atoms with Gasteiger partial charge in [0.1, 0.15) is 11.6 Å². The summed E-state index contributed by atoms with van der Waals surface area (Å²) in [5.41, 5.74) is 1.80. The number of pyridine rings is 1. The van der Waals surface area contributed by atoms with Crippen LogP contribution in [0.2, 0.25) is 0 Å². The van der Waals surface area contributed by atoms with Crippen molar-refractivity contribution in [2.75, 3.05) is 12.4 Å². The number of hydrogen-bond donors (Lipinski definition) is 3. The molecule has 6 rings (SSSR count). The van der Waals surface area contributed by atoms with E-state index in [4.69, 9.17) is 13.8 Å². The molecule has 1 aliphatic rings. The van der Waals surface area contributed by atoms with E-state index in [2.05, 4.69) is 41.0 Å². The number of amides is 1. The Bertz CT molecular complexity index is 1820. The lowest BCUT2D eigenvalue weighted by molar-refractivity contribution is -0.132. The molecule has 42 heavy (non-hydrogen) atoms. The van der Waals surface area contributed by atoms with Crippen molar-refractivity contribution in [3.8, 4) is 5.82 Å². The van der Waals surface area contributed by atoms with Gasteiger partial charge in [-0.25, -0.2) is 24.0 Å². The first-order valence-corrected chi connectivity index (χ1v) is 13.5. The summed E-state index contributed by atoms with van der Waals surface area (Å²) in [6.45, 7) is 1.19. The molecule has 218 valence electrons. The Kier molecular flexibility index (Phi) is 6.43. The lowest BCUT2D eigenvalue weighted by atomic mass is 9.78. The standard InChI is InChI=1S/C28H32FN11O2/c1-15-9-23(38-37-15)34-26-21-13-31-39(3)27(21)36-25(35-26)17-5-7-20(22(10-17)42-4)28(41)33-16(2)18-6-8-24(30-11-18)40-14-19(29)12-32-40/h6,8-9,11-14,16-17,20,22H,5,7,10H2,1-4H3,(H,33,41)(H2,34,35,36,37,38)/t16-,17-,20-,22-/m0/s1/i3D3. The van der Waals surface area contributed by atoms with Gasteiger partial charge in [-0.05, 0) is 44.7 Å². The lowest BCUT2D eigenvalue weighted by Gasteiger charge is -2.34. The highest BCUT2D eigenvalue weighted by molar-refractivity contribution is 5.88. The fourth-order valence-electron chi connectivity index (χ4n) is 5.35. The van der Waals surface area contributed by atoms with Gasteiger partial charge in [0.15, 0.2) is 23.1 Å². The molecule has 0 unspecified atom stereocenters. The number of aromatic nitrogens is 9. The SMILES string of the molecule is [2H]C([2H])([2H])n1ncc2c(Nc3cc(C)[nH]n3)nc([C@H]3CC[C@H](C(=O)N[C@@H](C)c4ccc(-n5cc(F)cn5)nc4)[C@@H](OC)C3)nc21. The van der Waals surface area contributed by atoms with Crippen molar-refractivity contribution in [2.45, 2.75) is 51.2 Å². The van der Waals surface area contributed by atoms with Gasteiger partial charge in [-0.15, -0.1) is 0 Å². The minimum Gasteiger partial charge on any atom is -0.381 e. The Morgan fingerprint density at radius 3 is 2.81 bits per heavy atom. The Hall–Kier alpha value is -4.72. The van der Waals surface area contributed by atoms with E-state index < -0.39 is 24.8 Å². The van der Waals surface area contributed by atoms with E-state index >= 15 is 0 Å². The minimum absolute atomic E-state index is 0.154. The molecular weight excluding hydrogens is 541 g/mol.